The van der Waals surface area contributed by atoms with Crippen molar-refractivity contribution in [1.29, 1.82) is 0 Å². The molecule has 0 amide bonds. The smallest absolute Gasteiger partial charge is 0.330 e. The van der Waals surface area contributed by atoms with Gasteiger partial charge in [0, 0.05) is 37.9 Å². The van der Waals surface area contributed by atoms with E-state index in [-0.39, 0.29) is 48.1 Å². The van der Waals surface area contributed by atoms with E-state index in [4.69, 9.17) is 13.7 Å². The molecule has 0 bridgehead atoms. The van der Waals surface area contributed by atoms with E-state index >= 15 is 0 Å². The Hall–Kier alpha value is -1.38. The van der Waals surface area contributed by atoms with Gasteiger partial charge in [-0.1, -0.05) is 20.4 Å². The predicted octanol–water partition coefficient (Wildman–Crippen LogP) is 3.04. The van der Waals surface area contributed by atoms with Gasteiger partial charge >= 0.3 is 11.9 Å². The van der Waals surface area contributed by atoms with Gasteiger partial charge in [0.05, 0.1) is 19.6 Å². The van der Waals surface area contributed by atoms with Crippen molar-refractivity contribution in [2.24, 2.45) is 17.8 Å². The highest BCUT2D eigenvalue weighted by atomic mass is 32.2. The average molecular weight is 461 g/mol. The van der Waals surface area contributed by atoms with Crippen LogP contribution in [0, 0.1) is 17.8 Å². The largest absolute Gasteiger partial charge is 0.465 e. The summed E-state index contributed by atoms with van der Waals surface area (Å²) in [5, 5.41) is 0. The SMILES string of the molecule is C=CC(=O)OCC(CC)C(COC(=O)CCN(C)CCC[S+](C)OCC)C(C)CC=O. The van der Waals surface area contributed by atoms with Gasteiger partial charge in [-0.25, -0.2) is 4.79 Å². The molecule has 0 aliphatic rings. The molecule has 0 aromatic carbocycles. The monoisotopic (exact) mass is 460 g/mol. The number of aldehydes is 1. The fourth-order valence-electron chi connectivity index (χ4n) is 3.34. The van der Waals surface area contributed by atoms with Gasteiger partial charge < -0.3 is 19.2 Å². The van der Waals surface area contributed by atoms with Crippen LogP contribution in [0.15, 0.2) is 12.7 Å². The Morgan fingerprint density at radius 2 is 1.87 bits per heavy atom. The van der Waals surface area contributed by atoms with E-state index in [0.29, 0.717) is 19.4 Å². The number of nitrogens with zero attached hydrogens (tertiary/aromatic N) is 1. The number of carbonyl (C=O) groups is 3. The highest BCUT2D eigenvalue weighted by Crippen LogP contribution is 2.27. The zero-order valence-electron chi connectivity index (χ0n) is 20.0. The molecule has 7 nitrogen and oxygen atoms in total. The van der Waals surface area contributed by atoms with Crippen LogP contribution in [0.4, 0.5) is 0 Å². The molecule has 4 unspecified atom stereocenters. The summed E-state index contributed by atoms with van der Waals surface area (Å²) in [6.45, 7) is 12.1. The molecule has 4 atom stereocenters. The zero-order valence-corrected chi connectivity index (χ0v) is 20.8. The van der Waals surface area contributed by atoms with Crippen molar-refractivity contribution in [3.05, 3.63) is 12.7 Å². The fraction of sp³-hybridized carbons (Fsp3) is 0.783. The van der Waals surface area contributed by atoms with E-state index in [0.717, 1.165) is 44.1 Å². The molecular formula is C23H42NO6S+. The first-order valence-corrected chi connectivity index (χ1v) is 12.8. The quantitative estimate of drug-likeness (QED) is 0.127. The maximum absolute atomic E-state index is 12.3. The van der Waals surface area contributed by atoms with Crippen LogP contribution in [0.3, 0.4) is 0 Å². The van der Waals surface area contributed by atoms with Crippen molar-refractivity contribution in [3.8, 4) is 0 Å². The van der Waals surface area contributed by atoms with Crippen LogP contribution in [-0.4, -0.2) is 75.1 Å². The van der Waals surface area contributed by atoms with Gasteiger partial charge in [0.25, 0.3) is 0 Å². The van der Waals surface area contributed by atoms with Crippen molar-refractivity contribution in [1.82, 2.24) is 4.90 Å². The summed E-state index contributed by atoms with van der Waals surface area (Å²) in [7, 11) is 2.00. The van der Waals surface area contributed by atoms with E-state index in [1.165, 1.54) is 0 Å². The maximum atomic E-state index is 12.3. The maximum Gasteiger partial charge on any atom is 0.330 e. The van der Waals surface area contributed by atoms with Gasteiger partial charge in [0.2, 0.25) is 0 Å². The molecule has 0 spiro atoms. The predicted molar refractivity (Wildman–Crippen MR) is 126 cm³/mol. The van der Waals surface area contributed by atoms with Crippen LogP contribution in [0.1, 0.15) is 46.5 Å². The number of hydrogen-bond donors (Lipinski definition) is 0. The van der Waals surface area contributed by atoms with Gasteiger partial charge in [0.1, 0.15) is 36.1 Å². The zero-order chi connectivity index (χ0) is 23.6. The molecule has 0 aliphatic carbocycles. The molecule has 0 N–H and O–H groups in total. The second kappa shape index (κ2) is 18.2. The van der Waals surface area contributed by atoms with Crippen molar-refractivity contribution in [2.75, 3.05) is 52.0 Å². The Labute approximate surface area is 191 Å². The van der Waals surface area contributed by atoms with Crippen molar-refractivity contribution >= 4 is 29.4 Å². The molecule has 0 rings (SSSR count). The lowest BCUT2D eigenvalue weighted by Crippen LogP contribution is -2.32. The third kappa shape index (κ3) is 14.3. The lowest BCUT2D eigenvalue weighted by molar-refractivity contribution is -0.149. The molecule has 0 saturated heterocycles. The molecule has 0 heterocycles. The third-order valence-corrected chi connectivity index (χ3v) is 6.86. The number of hydrogen-bond acceptors (Lipinski definition) is 7. The van der Waals surface area contributed by atoms with E-state index in [9.17, 15) is 14.4 Å². The Bertz CT molecular complexity index is 530. The number of ether oxygens (including phenoxy) is 2. The van der Waals surface area contributed by atoms with Crippen molar-refractivity contribution < 1.29 is 28.0 Å². The Morgan fingerprint density at radius 3 is 2.45 bits per heavy atom. The fourth-order valence-corrected chi connectivity index (χ4v) is 4.39. The summed E-state index contributed by atoms with van der Waals surface area (Å²) in [6, 6.07) is 0. The molecule has 0 fully saturated rings. The van der Waals surface area contributed by atoms with E-state index in [1.54, 1.807) is 0 Å². The van der Waals surface area contributed by atoms with Crippen molar-refractivity contribution in [3.63, 3.8) is 0 Å². The summed E-state index contributed by atoms with van der Waals surface area (Å²) in [5.41, 5.74) is 0. The van der Waals surface area contributed by atoms with Crippen molar-refractivity contribution in [2.45, 2.75) is 46.5 Å². The number of esters is 2. The van der Waals surface area contributed by atoms with Gasteiger partial charge in [-0.2, -0.15) is 4.18 Å². The topological polar surface area (TPSA) is 82.1 Å². The van der Waals surface area contributed by atoms with Crippen LogP contribution in [0.2, 0.25) is 0 Å². The molecular weight excluding hydrogens is 418 g/mol. The average Bonchev–Trinajstić information content (AvgIpc) is 2.74. The van der Waals surface area contributed by atoms with Gasteiger partial charge in [-0.3, -0.25) is 4.79 Å². The molecule has 180 valence electrons. The first kappa shape index (κ1) is 29.6. The molecule has 0 aromatic heterocycles. The van der Waals surface area contributed by atoms with Crippen LogP contribution in [0.5, 0.6) is 0 Å². The Balaban J connectivity index is 4.52. The lowest BCUT2D eigenvalue weighted by atomic mass is 9.80. The lowest BCUT2D eigenvalue weighted by Gasteiger charge is -2.30. The summed E-state index contributed by atoms with van der Waals surface area (Å²) >= 11 is -0.00505. The van der Waals surface area contributed by atoms with Gasteiger partial charge in [-0.15, -0.1) is 0 Å². The second-order valence-corrected chi connectivity index (χ2v) is 9.61. The Morgan fingerprint density at radius 1 is 1.16 bits per heavy atom. The summed E-state index contributed by atoms with van der Waals surface area (Å²) in [6.07, 6.45) is 6.58. The third-order valence-electron chi connectivity index (χ3n) is 5.36. The minimum atomic E-state index is -0.476. The highest BCUT2D eigenvalue weighted by Gasteiger charge is 2.28. The van der Waals surface area contributed by atoms with E-state index in [1.807, 2.05) is 27.8 Å². The molecule has 0 radical (unpaired) electrons. The minimum Gasteiger partial charge on any atom is -0.465 e. The van der Waals surface area contributed by atoms with Gasteiger partial charge in [-0.05, 0) is 32.2 Å². The first-order valence-electron chi connectivity index (χ1n) is 11.1. The molecule has 8 heteroatoms. The number of carbonyl (C=O) groups excluding carboxylic acids is 3. The van der Waals surface area contributed by atoms with Crippen LogP contribution < -0.4 is 0 Å². The summed E-state index contributed by atoms with van der Waals surface area (Å²) < 4.78 is 16.3. The highest BCUT2D eigenvalue weighted by molar-refractivity contribution is 7.91. The Kier molecular flexibility index (Phi) is 17.4. The summed E-state index contributed by atoms with van der Waals surface area (Å²) in [5.74, 6) is 0.258. The molecule has 0 aromatic rings. The van der Waals surface area contributed by atoms with Crippen LogP contribution >= 0.6 is 0 Å². The molecule has 0 aliphatic heterocycles. The molecule has 0 saturated carbocycles. The first-order chi connectivity index (χ1) is 14.8. The normalized spacial score (nSPS) is 15.0. The summed E-state index contributed by atoms with van der Waals surface area (Å²) in [4.78, 5) is 36.8. The van der Waals surface area contributed by atoms with Crippen LogP contribution in [0.25, 0.3) is 0 Å². The molecule has 31 heavy (non-hydrogen) atoms. The minimum absolute atomic E-state index is 0.00230. The van der Waals surface area contributed by atoms with Crippen LogP contribution in [-0.2, 0) is 39.2 Å². The number of rotatable bonds is 19. The van der Waals surface area contributed by atoms with E-state index < -0.39 is 5.97 Å². The van der Waals surface area contributed by atoms with Gasteiger partial charge in [0.15, 0.2) is 0 Å². The van der Waals surface area contributed by atoms with E-state index in [2.05, 4.69) is 17.7 Å². The standard InChI is InChI=1S/C23H42NO6S/c1-7-20(17-28-22(26)8-2)21(19(4)12-15-25)18-29-23(27)11-14-24(5)13-10-16-31(6)30-9-3/h8,15,19-21H,2,7,9-14,16-18H2,1,3-6H3/q+1. The second-order valence-electron chi connectivity index (χ2n) is 7.82.